The summed E-state index contributed by atoms with van der Waals surface area (Å²) in [6, 6.07) is 14.6. The second kappa shape index (κ2) is 9.80. The number of fused-ring (bicyclic) bond motifs is 1. The smallest absolute Gasteiger partial charge is 0.346 e. The number of carbonyl (C=O) groups is 1. The summed E-state index contributed by atoms with van der Waals surface area (Å²) in [5, 5.41) is 18.7. The van der Waals surface area contributed by atoms with Gasteiger partial charge in [-0.05, 0) is 61.7 Å². The third kappa shape index (κ3) is 4.79. The Morgan fingerprint density at radius 1 is 1.09 bits per heavy atom. The minimum absolute atomic E-state index is 0.332. The molecule has 6 heteroatoms. The van der Waals surface area contributed by atoms with Crippen LogP contribution in [0.5, 0.6) is 0 Å². The highest BCUT2D eigenvalue weighted by Crippen LogP contribution is 2.26. The van der Waals surface area contributed by atoms with Crippen LogP contribution in [0.2, 0.25) is 0 Å². The van der Waals surface area contributed by atoms with Crippen molar-refractivity contribution in [3.63, 3.8) is 0 Å². The first-order chi connectivity index (χ1) is 15.4. The maximum atomic E-state index is 12.6. The van der Waals surface area contributed by atoms with Gasteiger partial charge < -0.3 is 14.4 Å². The van der Waals surface area contributed by atoms with E-state index in [4.69, 9.17) is 14.8 Å². The number of rotatable bonds is 7. The molecule has 0 saturated heterocycles. The molecule has 162 valence electrons. The van der Waals surface area contributed by atoms with Gasteiger partial charge in [-0.25, -0.2) is 9.59 Å². The summed E-state index contributed by atoms with van der Waals surface area (Å²) in [7, 11) is 0. The van der Waals surface area contributed by atoms with Crippen molar-refractivity contribution in [3.8, 4) is 6.07 Å². The molecule has 0 atom stereocenters. The number of nitriles is 1. The van der Waals surface area contributed by atoms with E-state index in [9.17, 15) is 9.59 Å². The summed E-state index contributed by atoms with van der Waals surface area (Å²) in [4.78, 5) is 25.8. The number of aliphatic carboxylic acids is 1. The fraction of sp³-hybridized carbons (Fsp3) is 0.192. The SMILES string of the molecule is CCN(CC)c1ccc2c(C)c(/C=C/c3ccc(/C=C(\C#N)C(=O)O)cc3)c(=O)oc2c1. The van der Waals surface area contributed by atoms with E-state index in [-0.39, 0.29) is 5.57 Å². The van der Waals surface area contributed by atoms with Crippen LogP contribution in [-0.2, 0) is 4.79 Å². The fourth-order valence-corrected chi connectivity index (χ4v) is 3.53. The van der Waals surface area contributed by atoms with E-state index in [1.54, 1.807) is 42.5 Å². The molecule has 3 rings (SSSR count). The number of carboxylic acid groups (broad SMARTS) is 1. The first kappa shape index (κ1) is 22.6. The summed E-state index contributed by atoms with van der Waals surface area (Å²) in [5.41, 5.74) is 3.61. The molecule has 0 aliphatic carbocycles. The number of hydrogen-bond acceptors (Lipinski definition) is 5. The Morgan fingerprint density at radius 2 is 1.75 bits per heavy atom. The van der Waals surface area contributed by atoms with Crippen LogP contribution < -0.4 is 10.5 Å². The lowest BCUT2D eigenvalue weighted by molar-refractivity contribution is -0.132. The molecule has 1 aromatic heterocycles. The number of nitrogens with zero attached hydrogens (tertiary/aromatic N) is 2. The van der Waals surface area contributed by atoms with Gasteiger partial charge in [0.1, 0.15) is 17.2 Å². The second-order valence-corrected chi connectivity index (χ2v) is 7.26. The van der Waals surface area contributed by atoms with Crippen LogP contribution in [-0.4, -0.2) is 24.2 Å². The Balaban J connectivity index is 1.92. The van der Waals surface area contributed by atoms with Crippen molar-refractivity contribution in [2.75, 3.05) is 18.0 Å². The van der Waals surface area contributed by atoms with E-state index in [2.05, 4.69) is 18.7 Å². The van der Waals surface area contributed by atoms with Crippen LogP contribution in [0.4, 0.5) is 5.69 Å². The number of anilines is 1. The predicted molar refractivity (Wildman–Crippen MR) is 127 cm³/mol. The van der Waals surface area contributed by atoms with Crippen LogP contribution in [0.15, 0.2) is 57.2 Å². The first-order valence-corrected chi connectivity index (χ1v) is 10.3. The average molecular weight is 428 g/mol. The Hall–Kier alpha value is -4.11. The van der Waals surface area contributed by atoms with E-state index in [1.807, 2.05) is 25.1 Å². The molecule has 3 aromatic rings. The second-order valence-electron chi connectivity index (χ2n) is 7.26. The Labute approximate surface area is 186 Å². The molecule has 0 aliphatic rings. The third-order valence-electron chi connectivity index (χ3n) is 5.37. The van der Waals surface area contributed by atoms with Gasteiger partial charge in [-0.3, -0.25) is 0 Å². The highest BCUT2D eigenvalue weighted by molar-refractivity contribution is 5.96. The molecule has 0 fully saturated rings. The number of benzene rings is 2. The molecule has 0 spiro atoms. The van der Waals surface area contributed by atoms with Gasteiger partial charge in [0, 0.05) is 30.2 Å². The lowest BCUT2D eigenvalue weighted by Crippen LogP contribution is -2.21. The maximum Gasteiger partial charge on any atom is 0.346 e. The van der Waals surface area contributed by atoms with E-state index in [0.29, 0.717) is 16.7 Å². The Kier molecular flexibility index (Phi) is 6.91. The molecule has 0 aliphatic heterocycles. The molecule has 2 aromatic carbocycles. The zero-order valence-electron chi connectivity index (χ0n) is 18.3. The lowest BCUT2D eigenvalue weighted by atomic mass is 10.0. The van der Waals surface area contributed by atoms with Crippen molar-refractivity contribution in [1.29, 1.82) is 5.26 Å². The highest BCUT2D eigenvalue weighted by Gasteiger charge is 2.11. The van der Waals surface area contributed by atoms with E-state index < -0.39 is 11.6 Å². The zero-order valence-corrected chi connectivity index (χ0v) is 18.3. The molecule has 6 nitrogen and oxygen atoms in total. The minimum Gasteiger partial charge on any atom is -0.477 e. The van der Waals surface area contributed by atoms with Crippen LogP contribution in [0.3, 0.4) is 0 Å². The van der Waals surface area contributed by atoms with Crippen molar-refractivity contribution in [1.82, 2.24) is 0 Å². The van der Waals surface area contributed by atoms with Crippen molar-refractivity contribution < 1.29 is 14.3 Å². The van der Waals surface area contributed by atoms with Gasteiger partial charge in [-0.2, -0.15) is 5.26 Å². The fourth-order valence-electron chi connectivity index (χ4n) is 3.53. The first-order valence-electron chi connectivity index (χ1n) is 10.3. The van der Waals surface area contributed by atoms with Crippen LogP contribution in [0.25, 0.3) is 29.2 Å². The van der Waals surface area contributed by atoms with Gasteiger partial charge in [-0.1, -0.05) is 30.3 Å². The Bertz CT molecular complexity index is 1300. The van der Waals surface area contributed by atoms with Gasteiger partial charge in [0.05, 0.1) is 5.56 Å². The maximum absolute atomic E-state index is 12.6. The average Bonchev–Trinajstić information content (AvgIpc) is 2.78. The number of aryl methyl sites for hydroxylation is 1. The molecular weight excluding hydrogens is 404 g/mol. The van der Waals surface area contributed by atoms with Crippen LogP contribution in [0.1, 0.15) is 36.1 Å². The predicted octanol–water partition coefficient (Wildman–Crippen LogP) is 5.11. The minimum atomic E-state index is -1.26. The van der Waals surface area contributed by atoms with Gasteiger partial charge in [0.15, 0.2) is 0 Å². The zero-order chi connectivity index (χ0) is 23.3. The van der Waals surface area contributed by atoms with Crippen molar-refractivity contribution in [2.24, 2.45) is 0 Å². The molecule has 0 radical (unpaired) electrons. The van der Waals surface area contributed by atoms with Gasteiger partial charge >= 0.3 is 11.6 Å². The normalized spacial score (nSPS) is 11.6. The molecule has 0 unspecified atom stereocenters. The Morgan fingerprint density at radius 3 is 2.34 bits per heavy atom. The summed E-state index contributed by atoms with van der Waals surface area (Å²) < 4.78 is 5.61. The van der Waals surface area contributed by atoms with Crippen LogP contribution >= 0.6 is 0 Å². The third-order valence-corrected chi connectivity index (χ3v) is 5.37. The molecule has 32 heavy (non-hydrogen) atoms. The highest BCUT2D eigenvalue weighted by atomic mass is 16.4. The monoisotopic (exact) mass is 428 g/mol. The van der Waals surface area contributed by atoms with E-state index in [0.717, 1.165) is 35.3 Å². The van der Waals surface area contributed by atoms with Gasteiger partial charge in [0.2, 0.25) is 0 Å². The molecule has 1 N–H and O–H groups in total. The molecule has 1 heterocycles. The van der Waals surface area contributed by atoms with Crippen LogP contribution in [0, 0.1) is 18.3 Å². The number of carboxylic acids is 1. The lowest BCUT2D eigenvalue weighted by Gasteiger charge is -2.21. The van der Waals surface area contributed by atoms with Crippen molar-refractivity contribution in [3.05, 3.63) is 80.7 Å². The molecular formula is C26H24N2O4. The summed E-state index contributed by atoms with van der Waals surface area (Å²) >= 11 is 0. The van der Waals surface area contributed by atoms with Crippen molar-refractivity contribution >= 4 is 40.9 Å². The van der Waals surface area contributed by atoms with E-state index >= 15 is 0 Å². The summed E-state index contributed by atoms with van der Waals surface area (Å²) in [5.74, 6) is -1.26. The topological polar surface area (TPSA) is 94.5 Å². The standard InChI is InChI=1S/C26H24N2O4/c1-4-28(5-2)21-11-13-22-17(3)23(26(31)32-24(22)15-21)12-10-18-6-8-19(9-7-18)14-20(16-27)25(29)30/h6-15H,4-5H2,1-3H3,(H,29,30)/b12-10+,20-14+. The summed E-state index contributed by atoms with van der Waals surface area (Å²) in [6.45, 7) is 7.81. The largest absolute Gasteiger partial charge is 0.477 e. The van der Waals surface area contributed by atoms with E-state index in [1.165, 1.54) is 6.08 Å². The molecule has 0 saturated carbocycles. The quantitative estimate of drug-likeness (QED) is 0.319. The van der Waals surface area contributed by atoms with Gasteiger partial charge in [0.25, 0.3) is 0 Å². The number of hydrogen-bond donors (Lipinski definition) is 1. The van der Waals surface area contributed by atoms with Gasteiger partial charge in [-0.15, -0.1) is 0 Å². The molecule has 0 bridgehead atoms. The summed E-state index contributed by atoms with van der Waals surface area (Å²) in [6.07, 6.45) is 4.83. The van der Waals surface area contributed by atoms with Crippen molar-refractivity contribution in [2.45, 2.75) is 20.8 Å². The molecule has 0 amide bonds.